The van der Waals surface area contributed by atoms with Gasteiger partial charge in [-0.15, -0.1) is 0 Å². The molecule has 1 N–H and O–H groups in total. The van der Waals surface area contributed by atoms with Crippen molar-refractivity contribution < 1.29 is 9.53 Å². The van der Waals surface area contributed by atoms with Gasteiger partial charge in [-0.2, -0.15) is 5.10 Å². The monoisotopic (exact) mass is 318 g/mol. The number of H-pyrrole nitrogens is 1. The maximum Gasteiger partial charge on any atom is 0.223 e. The van der Waals surface area contributed by atoms with Gasteiger partial charge < -0.3 is 9.64 Å². The number of amides is 1. The molecule has 0 spiro atoms. The molecule has 1 aromatic rings. The minimum absolute atomic E-state index is 0.103. The normalized spacial score (nSPS) is 25.1. The van der Waals surface area contributed by atoms with Crippen LogP contribution in [0.3, 0.4) is 0 Å². The van der Waals surface area contributed by atoms with Crippen molar-refractivity contribution in [2.45, 2.75) is 51.6 Å². The van der Waals surface area contributed by atoms with Crippen LogP contribution in [0, 0.1) is 5.92 Å². The Balaban J connectivity index is 1.62. The van der Waals surface area contributed by atoms with E-state index in [0.29, 0.717) is 37.9 Å². The molecule has 0 radical (unpaired) electrons. The van der Waals surface area contributed by atoms with Crippen LogP contribution in [0.4, 0.5) is 0 Å². The SMILES string of the molecule is CC(C)(C)c1n[nH]c([C@H]2CN(C(=O)C[C@H]3C=CCC3)CCO2)n1. The van der Waals surface area contributed by atoms with Crippen molar-refractivity contribution >= 4 is 5.91 Å². The van der Waals surface area contributed by atoms with Gasteiger partial charge in [0.2, 0.25) is 5.91 Å². The highest BCUT2D eigenvalue weighted by Crippen LogP contribution is 2.25. The third-order valence-corrected chi connectivity index (χ3v) is 4.45. The third kappa shape index (κ3) is 3.80. The zero-order valence-electron chi connectivity index (χ0n) is 14.2. The first-order chi connectivity index (χ1) is 10.9. The number of ether oxygens (including phenoxy) is 1. The van der Waals surface area contributed by atoms with Gasteiger partial charge in [0.15, 0.2) is 11.6 Å². The number of carbonyl (C=O) groups is 1. The lowest BCUT2D eigenvalue weighted by Gasteiger charge is -2.32. The first-order valence-electron chi connectivity index (χ1n) is 8.42. The fourth-order valence-corrected chi connectivity index (χ4v) is 3.01. The smallest absolute Gasteiger partial charge is 0.223 e. The number of carbonyl (C=O) groups excluding carboxylic acids is 1. The summed E-state index contributed by atoms with van der Waals surface area (Å²) in [6, 6.07) is 0. The first kappa shape index (κ1) is 16.2. The van der Waals surface area contributed by atoms with Crippen molar-refractivity contribution in [2.75, 3.05) is 19.7 Å². The summed E-state index contributed by atoms with van der Waals surface area (Å²) in [5.41, 5.74) is -0.103. The third-order valence-electron chi connectivity index (χ3n) is 4.45. The van der Waals surface area contributed by atoms with Crippen molar-refractivity contribution in [1.82, 2.24) is 20.1 Å². The van der Waals surface area contributed by atoms with Gasteiger partial charge in [0.1, 0.15) is 6.10 Å². The number of morpholine rings is 1. The molecule has 2 heterocycles. The number of hydrogen-bond donors (Lipinski definition) is 1. The lowest BCUT2D eigenvalue weighted by Crippen LogP contribution is -2.43. The summed E-state index contributed by atoms with van der Waals surface area (Å²) >= 11 is 0. The topological polar surface area (TPSA) is 71.1 Å². The average Bonchev–Trinajstić information content (AvgIpc) is 3.18. The van der Waals surface area contributed by atoms with E-state index in [9.17, 15) is 4.79 Å². The van der Waals surface area contributed by atoms with Crippen LogP contribution in [0.2, 0.25) is 0 Å². The van der Waals surface area contributed by atoms with Crippen molar-refractivity contribution in [1.29, 1.82) is 0 Å². The number of aromatic amines is 1. The minimum Gasteiger partial charge on any atom is -0.367 e. The van der Waals surface area contributed by atoms with Gasteiger partial charge in [0.05, 0.1) is 13.2 Å². The fraction of sp³-hybridized carbons (Fsp3) is 0.706. The first-order valence-corrected chi connectivity index (χ1v) is 8.42. The molecule has 1 aromatic heterocycles. The summed E-state index contributed by atoms with van der Waals surface area (Å²) in [6.45, 7) is 7.98. The van der Waals surface area contributed by atoms with E-state index in [-0.39, 0.29) is 17.4 Å². The zero-order valence-corrected chi connectivity index (χ0v) is 14.2. The minimum atomic E-state index is -0.213. The number of hydrogen-bond acceptors (Lipinski definition) is 4. The molecular formula is C17H26N4O2. The van der Waals surface area contributed by atoms with Crippen molar-refractivity contribution in [2.24, 2.45) is 5.92 Å². The lowest BCUT2D eigenvalue weighted by molar-refractivity contribution is -0.140. The Morgan fingerprint density at radius 3 is 2.96 bits per heavy atom. The molecule has 1 aliphatic carbocycles. The number of rotatable bonds is 3. The molecular weight excluding hydrogens is 292 g/mol. The van der Waals surface area contributed by atoms with E-state index in [1.54, 1.807) is 0 Å². The lowest BCUT2D eigenvalue weighted by atomic mass is 9.96. The van der Waals surface area contributed by atoms with E-state index < -0.39 is 0 Å². The summed E-state index contributed by atoms with van der Waals surface area (Å²) in [7, 11) is 0. The van der Waals surface area contributed by atoms with Crippen LogP contribution in [-0.2, 0) is 14.9 Å². The summed E-state index contributed by atoms with van der Waals surface area (Å²) in [5, 5.41) is 7.27. The van der Waals surface area contributed by atoms with E-state index >= 15 is 0 Å². The molecule has 6 nitrogen and oxygen atoms in total. The zero-order chi connectivity index (χ0) is 16.4. The van der Waals surface area contributed by atoms with Gasteiger partial charge in [-0.3, -0.25) is 9.89 Å². The summed E-state index contributed by atoms with van der Waals surface area (Å²) in [5.74, 6) is 2.11. The molecule has 1 saturated heterocycles. The molecule has 1 fully saturated rings. The second-order valence-electron chi connectivity index (χ2n) is 7.46. The largest absolute Gasteiger partial charge is 0.367 e. The average molecular weight is 318 g/mol. The van der Waals surface area contributed by atoms with E-state index in [1.165, 1.54) is 0 Å². The summed E-state index contributed by atoms with van der Waals surface area (Å²) in [4.78, 5) is 18.9. The Hall–Kier alpha value is -1.69. The maximum atomic E-state index is 12.5. The molecule has 0 aromatic carbocycles. The Labute approximate surface area is 137 Å². The number of allylic oxidation sites excluding steroid dienone is 2. The summed E-state index contributed by atoms with van der Waals surface area (Å²) in [6.07, 6.45) is 6.92. The highest BCUT2D eigenvalue weighted by molar-refractivity contribution is 5.76. The molecule has 6 heteroatoms. The summed E-state index contributed by atoms with van der Waals surface area (Å²) < 4.78 is 5.80. The maximum absolute atomic E-state index is 12.5. The molecule has 2 aliphatic rings. The molecule has 0 bridgehead atoms. The van der Waals surface area contributed by atoms with Crippen LogP contribution < -0.4 is 0 Å². The van der Waals surface area contributed by atoms with Crippen LogP contribution >= 0.6 is 0 Å². The van der Waals surface area contributed by atoms with Crippen LogP contribution in [0.5, 0.6) is 0 Å². The van der Waals surface area contributed by atoms with Gasteiger partial charge in [0.25, 0.3) is 0 Å². The second-order valence-corrected chi connectivity index (χ2v) is 7.46. The molecule has 2 atom stereocenters. The van der Waals surface area contributed by atoms with Crippen LogP contribution in [-0.4, -0.2) is 45.7 Å². The van der Waals surface area contributed by atoms with Crippen molar-refractivity contribution in [3.8, 4) is 0 Å². The molecule has 23 heavy (non-hydrogen) atoms. The highest BCUT2D eigenvalue weighted by atomic mass is 16.5. The number of nitrogens with one attached hydrogen (secondary N) is 1. The van der Waals surface area contributed by atoms with E-state index in [4.69, 9.17) is 4.74 Å². The van der Waals surface area contributed by atoms with Crippen LogP contribution in [0.15, 0.2) is 12.2 Å². The van der Waals surface area contributed by atoms with Crippen LogP contribution in [0.25, 0.3) is 0 Å². The molecule has 0 saturated carbocycles. The molecule has 0 unspecified atom stereocenters. The van der Waals surface area contributed by atoms with E-state index in [1.807, 2.05) is 4.90 Å². The Morgan fingerprint density at radius 2 is 2.30 bits per heavy atom. The van der Waals surface area contributed by atoms with E-state index in [2.05, 4.69) is 48.1 Å². The van der Waals surface area contributed by atoms with Crippen molar-refractivity contribution in [3.63, 3.8) is 0 Å². The molecule has 3 rings (SSSR count). The van der Waals surface area contributed by atoms with E-state index in [0.717, 1.165) is 18.7 Å². The Bertz CT molecular complexity index is 588. The molecule has 126 valence electrons. The van der Waals surface area contributed by atoms with Gasteiger partial charge in [0, 0.05) is 18.4 Å². The van der Waals surface area contributed by atoms with Gasteiger partial charge in [-0.05, 0) is 18.8 Å². The molecule has 1 amide bonds. The van der Waals surface area contributed by atoms with Gasteiger partial charge in [-0.1, -0.05) is 32.9 Å². The predicted octanol–water partition coefficient (Wildman–Crippen LogP) is 2.36. The quantitative estimate of drug-likeness (QED) is 0.869. The Morgan fingerprint density at radius 1 is 1.48 bits per heavy atom. The Kier molecular flexibility index (Phi) is 4.53. The molecule has 1 aliphatic heterocycles. The number of nitrogens with zero attached hydrogens (tertiary/aromatic N) is 3. The standard InChI is InChI=1S/C17H26N4O2/c1-17(2,3)16-18-15(19-20-16)13-11-21(8-9-23-13)14(22)10-12-6-4-5-7-12/h4,6,12-13H,5,7-11H2,1-3H3,(H,18,19,20)/t12-,13+/m0/s1. The fourth-order valence-electron chi connectivity index (χ4n) is 3.01. The second kappa shape index (κ2) is 6.43. The predicted molar refractivity (Wildman–Crippen MR) is 86.8 cm³/mol. The van der Waals surface area contributed by atoms with Crippen LogP contribution in [0.1, 0.15) is 57.8 Å². The van der Waals surface area contributed by atoms with Crippen molar-refractivity contribution in [3.05, 3.63) is 23.8 Å². The number of aromatic nitrogens is 3. The highest BCUT2D eigenvalue weighted by Gasteiger charge is 2.30. The van der Waals surface area contributed by atoms with Gasteiger partial charge >= 0.3 is 0 Å². The van der Waals surface area contributed by atoms with Gasteiger partial charge in [-0.25, -0.2) is 4.98 Å².